The van der Waals surface area contributed by atoms with Gasteiger partial charge in [-0.1, -0.05) is 18.3 Å². The van der Waals surface area contributed by atoms with E-state index in [-0.39, 0.29) is 17.1 Å². The molecule has 0 saturated heterocycles. The van der Waals surface area contributed by atoms with E-state index in [9.17, 15) is 4.79 Å². The fraction of sp³-hybridized carbons (Fsp3) is 0.188. The Morgan fingerprint density at radius 3 is 2.91 bits per heavy atom. The van der Waals surface area contributed by atoms with Gasteiger partial charge >= 0.3 is 0 Å². The van der Waals surface area contributed by atoms with E-state index in [0.717, 1.165) is 22.4 Å². The van der Waals surface area contributed by atoms with Crippen molar-refractivity contribution >= 4 is 38.8 Å². The predicted molar refractivity (Wildman–Crippen MR) is 97.4 cm³/mol. The molecule has 3 aromatic rings. The highest BCUT2D eigenvalue weighted by Gasteiger charge is 2.14. The molecule has 0 radical (unpaired) electrons. The molecule has 0 spiro atoms. The lowest BCUT2D eigenvalue weighted by molar-refractivity contribution is 0.412. The molecule has 0 saturated carbocycles. The first kappa shape index (κ1) is 15.6. The van der Waals surface area contributed by atoms with Crippen LogP contribution in [0.1, 0.15) is 5.56 Å². The quantitative estimate of drug-likeness (QED) is 0.736. The number of hydrogen-bond acceptors (Lipinski definition) is 5. The molecule has 0 bridgehead atoms. The fourth-order valence-corrected chi connectivity index (χ4v) is 3.55. The van der Waals surface area contributed by atoms with E-state index < -0.39 is 0 Å². The SMILES string of the molecule is COc1ccc(-c2csc3ncn(CC(N)=S)c(=O)c23)cc1C. The Morgan fingerprint density at radius 1 is 1.48 bits per heavy atom. The average molecular weight is 345 g/mol. The summed E-state index contributed by atoms with van der Waals surface area (Å²) in [5.74, 6) is 0.817. The third-order valence-corrected chi connectivity index (χ3v) is 4.61. The van der Waals surface area contributed by atoms with Crippen LogP contribution in [0.3, 0.4) is 0 Å². The summed E-state index contributed by atoms with van der Waals surface area (Å²) in [5, 5.41) is 2.55. The number of aryl methyl sites for hydroxylation is 1. The largest absolute Gasteiger partial charge is 0.496 e. The normalized spacial score (nSPS) is 10.9. The molecule has 1 aromatic carbocycles. The van der Waals surface area contributed by atoms with Crippen LogP contribution >= 0.6 is 23.6 Å². The van der Waals surface area contributed by atoms with Crippen LogP contribution in [0, 0.1) is 6.92 Å². The van der Waals surface area contributed by atoms with Gasteiger partial charge in [0.25, 0.3) is 5.56 Å². The molecule has 0 atom stereocenters. The first-order chi connectivity index (χ1) is 11.0. The van der Waals surface area contributed by atoms with Crippen molar-refractivity contribution in [3.05, 3.63) is 45.8 Å². The molecule has 0 aliphatic rings. The second-order valence-electron chi connectivity index (χ2n) is 5.16. The van der Waals surface area contributed by atoms with Crippen LogP contribution in [0.5, 0.6) is 5.75 Å². The molecule has 0 amide bonds. The van der Waals surface area contributed by atoms with E-state index >= 15 is 0 Å². The molecule has 2 aromatic heterocycles. The van der Waals surface area contributed by atoms with E-state index in [2.05, 4.69) is 4.98 Å². The zero-order valence-electron chi connectivity index (χ0n) is 12.7. The molecular formula is C16H15N3O2S2. The van der Waals surface area contributed by atoms with Crippen molar-refractivity contribution in [2.75, 3.05) is 7.11 Å². The third-order valence-electron chi connectivity index (χ3n) is 3.59. The zero-order chi connectivity index (χ0) is 16.6. The topological polar surface area (TPSA) is 70.1 Å². The highest BCUT2D eigenvalue weighted by atomic mass is 32.1. The van der Waals surface area contributed by atoms with Gasteiger partial charge in [0, 0.05) is 10.9 Å². The minimum absolute atomic E-state index is 0.132. The number of thiocarbonyl (C=S) groups is 1. The Kier molecular flexibility index (Phi) is 4.14. The highest BCUT2D eigenvalue weighted by molar-refractivity contribution is 7.80. The average Bonchev–Trinajstić information content (AvgIpc) is 2.94. The van der Waals surface area contributed by atoms with Gasteiger partial charge < -0.3 is 10.5 Å². The Balaban J connectivity index is 2.20. The first-order valence-electron chi connectivity index (χ1n) is 6.91. The summed E-state index contributed by atoms with van der Waals surface area (Å²) in [6.45, 7) is 2.16. The lowest BCUT2D eigenvalue weighted by Crippen LogP contribution is -2.27. The Morgan fingerprint density at radius 2 is 2.26 bits per heavy atom. The van der Waals surface area contributed by atoms with Crippen LogP contribution in [-0.4, -0.2) is 21.6 Å². The summed E-state index contributed by atoms with van der Waals surface area (Å²) >= 11 is 6.34. The van der Waals surface area contributed by atoms with Crippen LogP contribution in [0.15, 0.2) is 34.7 Å². The van der Waals surface area contributed by atoms with Crippen molar-refractivity contribution in [1.29, 1.82) is 0 Å². The second kappa shape index (κ2) is 6.10. The van der Waals surface area contributed by atoms with E-state index in [1.165, 1.54) is 22.2 Å². The van der Waals surface area contributed by atoms with Gasteiger partial charge in [0.15, 0.2) is 0 Å². The molecular weight excluding hydrogens is 330 g/mol. The monoisotopic (exact) mass is 345 g/mol. The van der Waals surface area contributed by atoms with Crippen LogP contribution in [-0.2, 0) is 6.54 Å². The molecule has 2 heterocycles. The summed E-state index contributed by atoms with van der Waals surface area (Å²) in [7, 11) is 1.64. The molecule has 3 rings (SSSR count). The van der Waals surface area contributed by atoms with Crippen molar-refractivity contribution in [2.45, 2.75) is 13.5 Å². The van der Waals surface area contributed by atoms with E-state index in [4.69, 9.17) is 22.7 Å². The smallest absolute Gasteiger partial charge is 0.263 e. The van der Waals surface area contributed by atoms with Crippen molar-refractivity contribution in [3.8, 4) is 16.9 Å². The number of rotatable bonds is 4. The molecule has 0 fully saturated rings. The van der Waals surface area contributed by atoms with Gasteiger partial charge in [0.2, 0.25) is 0 Å². The molecule has 0 unspecified atom stereocenters. The van der Waals surface area contributed by atoms with Crippen LogP contribution in [0.2, 0.25) is 0 Å². The van der Waals surface area contributed by atoms with Crippen molar-refractivity contribution in [1.82, 2.24) is 9.55 Å². The second-order valence-corrected chi connectivity index (χ2v) is 6.54. The van der Waals surface area contributed by atoms with Gasteiger partial charge in [0.05, 0.1) is 30.4 Å². The first-order valence-corrected chi connectivity index (χ1v) is 8.20. The van der Waals surface area contributed by atoms with Crippen molar-refractivity contribution < 1.29 is 4.74 Å². The highest BCUT2D eigenvalue weighted by Crippen LogP contribution is 2.33. The molecule has 5 nitrogen and oxygen atoms in total. The van der Waals surface area contributed by atoms with Crippen LogP contribution < -0.4 is 16.0 Å². The Hall–Kier alpha value is -2.25. The minimum atomic E-state index is -0.132. The molecule has 23 heavy (non-hydrogen) atoms. The number of benzene rings is 1. The maximum Gasteiger partial charge on any atom is 0.263 e. The number of nitrogens with zero attached hydrogens (tertiary/aromatic N) is 2. The van der Waals surface area contributed by atoms with E-state index in [0.29, 0.717) is 10.2 Å². The van der Waals surface area contributed by atoms with Gasteiger partial charge in [-0.2, -0.15) is 0 Å². The Labute approximate surface area is 142 Å². The number of ether oxygens (including phenoxy) is 1. The summed E-state index contributed by atoms with van der Waals surface area (Å²) in [6, 6.07) is 5.85. The standard InChI is InChI=1S/C16H15N3O2S2/c1-9-5-10(3-4-12(9)21-2)11-7-23-15-14(11)16(20)19(8-18-15)6-13(17)22/h3-5,7-8H,6H2,1-2H3,(H2,17,22). The number of aromatic nitrogens is 2. The number of hydrogen-bond donors (Lipinski definition) is 1. The van der Waals surface area contributed by atoms with Crippen LogP contribution in [0.4, 0.5) is 0 Å². The van der Waals surface area contributed by atoms with Crippen molar-refractivity contribution in [2.24, 2.45) is 5.73 Å². The van der Waals surface area contributed by atoms with Gasteiger partial charge in [-0.05, 0) is 30.2 Å². The van der Waals surface area contributed by atoms with Gasteiger partial charge in [-0.25, -0.2) is 4.98 Å². The number of methoxy groups -OCH3 is 1. The predicted octanol–water partition coefficient (Wildman–Crippen LogP) is 2.73. The lowest BCUT2D eigenvalue weighted by Gasteiger charge is -2.08. The molecule has 0 aliphatic heterocycles. The van der Waals surface area contributed by atoms with E-state index in [1.807, 2.05) is 30.5 Å². The van der Waals surface area contributed by atoms with Gasteiger partial charge in [-0.15, -0.1) is 11.3 Å². The summed E-state index contributed by atoms with van der Waals surface area (Å²) in [5.41, 5.74) is 8.25. The van der Waals surface area contributed by atoms with Crippen molar-refractivity contribution in [3.63, 3.8) is 0 Å². The third kappa shape index (κ3) is 2.85. The minimum Gasteiger partial charge on any atom is -0.496 e. The number of thiophene rings is 1. The molecule has 118 valence electrons. The maximum atomic E-state index is 12.7. The van der Waals surface area contributed by atoms with E-state index in [1.54, 1.807) is 7.11 Å². The summed E-state index contributed by atoms with van der Waals surface area (Å²) in [4.78, 5) is 18.0. The lowest BCUT2D eigenvalue weighted by atomic mass is 10.0. The maximum absolute atomic E-state index is 12.7. The fourth-order valence-electron chi connectivity index (χ4n) is 2.51. The number of nitrogens with two attached hydrogens (primary N) is 1. The molecule has 0 aliphatic carbocycles. The van der Waals surface area contributed by atoms with Gasteiger partial charge in [0.1, 0.15) is 10.6 Å². The van der Waals surface area contributed by atoms with Crippen LogP contribution in [0.25, 0.3) is 21.3 Å². The van der Waals surface area contributed by atoms with Gasteiger partial charge in [-0.3, -0.25) is 9.36 Å². The zero-order valence-corrected chi connectivity index (χ0v) is 14.3. The summed E-state index contributed by atoms with van der Waals surface area (Å²) < 4.78 is 6.73. The molecule has 2 N–H and O–H groups in total. The number of fused-ring (bicyclic) bond motifs is 1. The molecule has 7 heteroatoms. The summed E-state index contributed by atoms with van der Waals surface area (Å²) in [6.07, 6.45) is 1.49. The Bertz CT molecular complexity index is 960.